The number of nitrogens with one attached hydrogen (secondary N) is 2. The van der Waals surface area contributed by atoms with Crippen LogP contribution in [0.3, 0.4) is 0 Å². The number of aromatic amines is 1. The van der Waals surface area contributed by atoms with E-state index >= 15 is 0 Å². The molecule has 4 nitrogen and oxygen atoms in total. The average Bonchev–Trinajstić information content (AvgIpc) is 2.78. The van der Waals surface area contributed by atoms with Crippen LogP contribution in [0.15, 0.2) is 18.3 Å². The van der Waals surface area contributed by atoms with Gasteiger partial charge in [0, 0.05) is 43.5 Å². The number of H-pyrrole nitrogens is 1. The zero-order chi connectivity index (χ0) is 12.3. The molecule has 17 heavy (non-hydrogen) atoms. The van der Waals surface area contributed by atoms with Crippen molar-refractivity contribution in [2.45, 2.75) is 32.2 Å². The Hall–Kier alpha value is -1.29. The minimum atomic E-state index is -0.0644. The van der Waals surface area contributed by atoms with Crippen LogP contribution in [0.4, 0.5) is 0 Å². The number of carbonyl (C=O) groups excluding carboxylic acids is 1. The lowest BCUT2D eigenvalue weighted by Gasteiger charge is -2.43. The van der Waals surface area contributed by atoms with Gasteiger partial charge in [-0.15, -0.1) is 0 Å². The molecule has 0 radical (unpaired) electrons. The third kappa shape index (κ3) is 2.88. The van der Waals surface area contributed by atoms with Crippen LogP contribution in [0, 0.1) is 0 Å². The van der Waals surface area contributed by atoms with E-state index in [1.54, 1.807) is 0 Å². The van der Waals surface area contributed by atoms with Gasteiger partial charge in [-0.25, -0.2) is 0 Å². The summed E-state index contributed by atoms with van der Waals surface area (Å²) < 4.78 is 0. The van der Waals surface area contributed by atoms with E-state index in [-0.39, 0.29) is 11.4 Å². The summed E-state index contributed by atoms with van der Waals surface area (Å²) >= 11 is 0. The van der Waals surface area contributed by atoms with Crippen molar-refractivity contribution in [1.29, 1.82) is 0 Å². The second-order valence-electron chi connectivity index (χ2n) is 5.23. The molecule has 2 rings (SSSR count). The molecule has 2 heterocycles. The Labute approximate surface area is 102 Å². The number of hydrogen-bond donors (Lipinski definition) is 2. The molecule has 1 amide bonds. The molecule has 2 N–H and O–H groups in total. The van der Waals surface area contributed by atoms with Crippen molar-refractivity contribution in [1.82, 2.24) is 15.2 Å². The first-order valence-electron chi connectivity index (χ1n) is 6.23. The molecule has 0 spiro atoms. The van der Waals surface area contributed by atoms with Gasteiger partial charge >= 0.3 is 0 Å². The van der Waals surface area contributed by atoms with E-state index in [1.807, 2.05) is 23.2 Å². The molecule has 0 aromatic carbocycles. The third-order valence-corrected chi connectivity index (χ3v) is 3.37. The van der Waals surface area contributed by atoms with E-state index in [2.05, 4.69) is 24.1 Å². The highest BCUT2D eigenvalue weighted by Crippen LogP contribution is 2.17. The number of carbonyl (C=O) groups is 1. The Balaban J connectivity index is 1.90. The van der Waals surface area contributed by atoms with Crippen LogP contribution in [0.5, 0.6) is 0 Å². The minimum Gasteiger partial charge on any atom is -0.365 e. The Bertz CT molecular complexity index is 370. The highest BCUT2D eigenvalue weighted by atomic mass is 16.2. The van der Waals surface area contributed by atoms with Gasteiger partial charge in [0.25, 0.3) is 0 Å². The first kappa shape index (κ1) is 12.2. The molecular weight excluding hydrogens is 214 g/mol. The van der Waals surface area contributed by atoms with Gasteiger partial charge in [0.05, 0.1) is 0 Å². The van der Waals surface area contributed by atoms with Crippen molar-refractivity contribution < 1.29 is 4.79 Å². The van der Waals surface area contributed by atoms with Gasteiger partial charge in [-0.3, -0.25) is 4.79 Å². The normalized spacial score (nSPS) is 19.3. The largest absolute Gasteiger partial charge is 0.365 e. The number of nitrogens with zero attached hydrogens (tertiary/aromatic N) is 1. The molecule has 0 unspecified atom stereocenters. The second kappa shape index (κ2) is 4.92. The van der Waals surface area contributed by atoms with Crippen molar-refractivity contribution in [3.8, 4) is 0 Å². The molecule has 4 heteroatoms. The number of aryl methyl sites for hydroxylation is 1. The highest BCUT2D eigenvalue weighted by molar-refractivity contribution is 5.77. The molecule has 1 aliphatic rings. The van der Waals surface area contributed by atoms with E-state index < -0.39 is 0 Å². The molecule has 0 bridgehead atoms. The van der Waals surface area contributed by atoms with Gasteiger partial charge in [0.2, 0.25) is 5.91 Å². The number of rotatable bonds is 3. The Morgan fingerprint density at radius 3 is 3.00 bits per heavy atom. The average molecular weight is 235 g/mol. The van der Waals surface area contributed by atoms with E-state index in [4.69, 9.17) is 0 Å². The van der Waals surface area contributed by atoms with Crippen LogP contribution in [0.25, 0.3) is 0 Å². The maximum atomic E-state index is 12.2. The molecule has 94 valence electrons. The molecule has 1 aliphatic heterocycles. The zero-order valence-corrected chi connectivity index (χ0v) is 10.6. The smallest absolute Gasteiger partial charge is 0.223 e. The first-order valence-corrected chi connectivity index (χ1v) is 6.23. The van der Waals surface area contributed by atoms with E-state index in [1.165, 1.54) is 0 Å². The molecule has 0 aliphatic carbocycles. The zero-order valence-electron chi connectivity index (χ0n) is 10.6. The predicted molar refractivity (Wildman–Crippen MR) is 67.8 cm³/mol. The van der Waals surface area contributed by atoms with Crippen LogP contribution < -0.4 is 5.32 Å². The summed E-state index contributed by atoms with van der Waals surface area (Å²) in [4.78, 5) is 17.3. The summed E-state index contributed by atoms with van der Waals surface area (Å²) in [6.07, 6.45) is 3.28. The topological polar surface area (TPSA) is 48.1 Å². The molecular formula is C13H21N3O. The van der Waals surface area contributed by atoms with Gasteiger partial charge in [-0.05, 0) is 32.4 Å². The lowest BCUT2D eigenvalue weighted by atomic mass is 9.99. The third-order valence-electron chi connectivity index (χ3n) is 3.37. The number of aromatic nitrogens is 1. The second-order valence-corrected chi connectivity index (χ2v) is 5.23. The van der Waals surface area contributed by atoms with Gasteiger partial charge in [-0.1, -0.05) is 0 Å². The Kier molecular flexibility index (Phi) is 3.52. The van der Waals surface area contributed by atoms with Crippen molar-refractivity contribution >= 4 is 5.91 Å². The first-order chi connectivity index (χ1) is 8.09. The summed E-state index contributed by atoms with van der Waals surface area (Å²) in [5, 5.41) is 3.33. The SMILES string of the molecule is CC1(C)CNCCN1C(=O)CCc1ccc[nH]1. The van der Waals surface area contributed by atoms with Gasteiger partial charge in [-0.2, -0.15) is 0 Å². The summed E-state index contributed by atoms with van der Waals surface area (Å²) in [7, 11) is 0. The molecule has 0 saturated carbocycles. The standard InChI is InChI=1S/C13H21N3O/c1-13(2)10-14-8-9-16(13)12(17)6-5-11-4-3-7-15-11/h3-4,7,14-15H,5-6,8-10H2,1-2H3. The van der Waals surface area contributed by atoms with Crippen molar-refractivity contribution in [2.24, 2.45) is 0 Å². The monoisotopic (exact) mass is 235 g/mol. The highest BCUT2D eigenvalue weighted by Gasteiger charge is 2.32. The lowest BCUT2D eigenvalue weighted by Crippen LogP contribution is -2.59. The van der Waals surface area contributed by atoms with Crippen LogP contribution >= 0.6 is 0 Å². The summed E-state index contributed by atoms with van der Waals surface area (Å²) in [5.41, 5.74) is 1.07. The molecule has 0 atom stereocenters. The number of hydrogen-bond acceptors (Lipinski definition) is 2. The fraction of sp³-hybridized carbons (Fsp3) is 0.615. The number of amides is 1. The predicted octanol–water partition coefficient (Wildman–Crippen LogP) is 1.16. The van der Waals surface area contributed by atoms with Crippen LogP contribution in [0.1, 0.15) is 26.0 Å². The Morgan fingerprint density at radius 1 is 1.53 bits per heavy atom. The van der Waals surface area contributed by atoms with Crippen LogP contribution in [0.2, 0.25) is 0 Å². The fourth-order valence-electron chi connectivity index (χ4n) is 2.35. The van der Waals surface area contributed by atoms with Crippen molar-refractivity contribution in [2.75, 3.05) is 19.6 Å². The quantitative estimate of drug-likeness (QED) is 0.826. The van der Waals surface area contributed by atoms with Crippen molar-refractivity contribution in [3.05, 3.63) is 24.0 Å². The van der Waals surface area contributed by atoms with Gasteiger partial charge in [0.1, 0.15) is 0 Å². The molecule has 1 aromatic rings. The number of piperazine rings is 1. The van der Waals surface area contributed by atoms with Crippen LogP contribution in [-0.2, 0) is 11.2 Å². The summed E-state index contributed by atoms with van der Waals surface area (Å²) in [6, 6.07) is 3.99. The maximum absolute atomic E-state index is 12.2. The van der Waals surface area contributed by atoms with E-state index in [0.29, 0.717) is 6.42 Å². The maximum Gasteiger partial charge on any atom is 0.223 e. The molecule has 1 fully saturated rings. The molecule has 1 saturated heterocycles. The van der Waals surface area contributed by atoms with Gasteiger partial charge in [0.15, 0.2) is 0 Å². The summed E-state index contributed by atoms with van der Waals surface area (Å²) in [6.45, 7) is 6.83. The summed E-state index contributed by atoms with van der Waals surface area (Å²) in [5.74, 6) is 0.256. The van der Waals surface area contributed by atoms with Gasteiger partial charge < -0.3 is 15.2 Å². The van der Waals surface area contributed by atoms with E-state index in [9.17, 15) is 4.79 Å². The van der Waals surface area contributed by atoms with Crippen LogP contribution in [-0.4, -0.2) is 41.0 Å². The molecule has 1 aromatic heterocycles. The minimum absolute atomic E-state index is 0.0644. The Morgan fingerprint density at radius 2 is 2.35 bits per heavy atom. The fourth-order valence-corrected chi connectivity index (χ4v) is 2.35. The van der Waals surface area contributed by atoms with E-state index in [0.717, 1.165) is 31.7 Å². The van der Waals surface area contributed by atoms with Crippen molar-refractivity contribution in [3.63, 3.8) is 0 Å². The lowest BCUT2D eigenvalue weighted by molar-refractivity contribution is -0.137.